The van der Waals surface area contributed by atoms with Gasteiger partial charge in [-0.1, -0.05) is 11.6 Å². The Morgan fingerprint density at radius 3 is 3.00 bits per heavy atom. The number of aromatic nitrogens is 3. The Labute approximate surface area is 80.3 Å². The standard InChI is InChI=1S/C8H9ClN4/c1-2-13-8-5(3-12-13)7(9)6(10)4-11-8/h3-4H,2,10H2,1H3. The topological polar surface area (TPSA) is 56.7 Å². The highest BCUT2D eigenvalue weighted by molar-refractivity contribution is 6.37. The molecule has 0 radical (unpaired) electrons. The number of hydrogen-bond donors (Lipinski definition) is 1. The van der Waals surface area contributed by atoms with Gasteiger partial charge in [0.15, 0.2) is 5.65 Å². The molecule has 0 unspecified atom stereocenters. The molecule has 4 nitrogen and oxygen atoms in total. The predicted octanol–water partition coefficient (Wildman–Crippen LogP) is 1.69. The molecule has 0 bridgehead atoms. The van der Waals surface area contributed by atoms with Gasteiger partial charge in [0.2, 0.25) is 0 Å². The summed E-state index contributed by atoms with van der Waals surface area (Å²) < 4.78 is 1.78. The molecule has 0 fully saturated rings. The molecular weight excluding hydrogens is 188 g/mol. The number of hydrogen-bond acceptors (Lipinski definition) is 3. The molecule has 0 spiro atoms. The fraction of sp³-hybridized carbons (Fsp3) is 0.250. The molecule has 68 valence electrons. The lowest BCUT2D eigenvalue weighted by molar-refractivity contribution is 0.677. The summed E-state index contributed by atoms with van der Waals surface area (Å²) in [5.74, 6) is 0. The summed E-state index contributed by atoms with van der Waals surface area (Å²) in [5.41, 5.74) is 6.88. The van der Waals surface area contributed by atoms with E-state index in [4.69, 9.17) is 17.3 Å². The third-order valence-corrected chi connectivity index (χ3v) is 2.35. The smallest absolute Gasteiger partial charge is 0.159 e. The molecule has 2 N–H and O–H groups in total. The van der Waals surface area contributed by atoms with E-state index in [9.17, 15) is 0 Å². The van der Waals surface area contributed by atoms with Crippen LogP contribution in [0.5, 0.6) is 0 Å². The van der Waals surface area contributed by atoms with Crippen LogP contribution in [0.3, 0.4) is 0 Å². The minimum atomic E-state index is 0.491. The van der Waals surface area contributed by atoms with Crippen molar-refractivity contribution in [1.82, 2.24) is 14.8 Å². The zero-order valence-electron chi connectivity index (χ0n) is 7.16. The number of aryl methyl sites for hydroxylation is 1. The van der Waals surface area contributed by atoms with Gasteiger partial charge in [0.25, 0.3) is 0 Å². The SMILES string of the molecule is CCn1ncc2c(Cl)c(N)cnc21. The summed E-state index contributed by atoms with van der Waals surface area (Å²) in [5, 5.41) is 5.47. The molecule has 0 aliphatic heterocycles. The fourth-order valence-electron chi connectivity index (χ4n) is 1.24. The maximum atomic E-state index is 5.98. The van der Waals surface area contributed by atoms with E-state index in [-0.39, 0.29) is 0 Å². The molecule has 2 aromatic heterocycles. The first kappa shape index (κ1) is 8.31. The highest BCUT2D eigenvalue weighted by Gasteiger charge is 2.08. The van der Waals surface area contributed by atoms with Crippen LogP contribution < -0.4 is 5.73 Å². The van der Waals surface area contributed by atoms with Crippen molar-refractivity contribution in [3.8, 4) is 0 Å². The van der Waals surface area contributed by atoms with Crippen molar-refractivity contribution >= 4 is 28.3 Å². The number of halogens is 1. The summed E-state index contributed by atoms with van der Waals surface area (Å²) >= 11 is 5.98. The highest BCUT2D eigenvalue weighted by Crippen LogP contribution is 2.26. The van der Waals surface area contributed by atoms with Crippen LogP contribution in [-0.4, -0.2) is 14.8 Å². The van der Waals surface area contributed by atoms with Crippen LogP contribution in [-0.2, 0) is 6.54 Å². The zero-order chi connectivity index (χ0) is 9.42. The van der Waals surface area contributed by atoms with Crippen molar-refractivity contribution in [2.24, 2.45) is 0 Å². The summed E-state index contributed by atoms with van der Waals surface area (Å²) in [4.78, 5) is 4.16. The predicted molar refractivity (Wildman–Crippen MR) is 52.6 cm³/mol. The van der Waals surface area contributed by atoms with Crippen molar-refractivity contribution in [1.29, 1.82) is 0 Å². The normalized spacial score (nSPS) is 10.9. The Bertz CT molecular complexity index is 449. The van der Waals surface area contributed by atoms with Crippen LogP contribution in [0.4, 0.5) is 5.69 Å². The lowest BCUT2D eigenvalue weighted by Crippen LogP contribution is -1.97. The number of pyridine rings is 1. The first-order chi connectivity index (χ1) is 6.24. The van der Waals surface area contributed by atoms with Gasteiger partial charge in [0, 0.05) is 6.54 Å². The molecule has 2 rings (SSSR count). The van der Waals surface area contributed by atoms with E-state index in [2.05, 4.69) is 10.1 Å². The maximum absolute atomic E-state index is 5.98. The Hall–Kier alpha value is -1.29. The summed E-state index contributed by atoms with van der Waals surface area (Å²) in [6.45, 7) is 2.77. The van der Waals surface area contributed by atoms with Crippen molar-refractivity contribution in [3.05, 3.63) is 17.4 Å². The number of nitrogens with zero attached hydrogens (tertiary/aromatic N) is 3. The van der Waals surface area contributed by atoms with Gasteiger partial charge in [0.1, 0.15) is 0 Å². The second kappa shape index (κ2) is 2.88. The maximum Gasteiger partial charge on any atom is 0.159 e. The highest BCUT2D eigenvalue weighted by atomic mass is 35.5. The van der Waals surface area contributed by atoms with Crippen molar-refractivity contribution in [3.63, 3.8) is 0 Å². The van der Waals surface area contributed by atoms with Crippen molar-refractivity contribution < 1.29 is 0 Å². The summed E-state index contributed by atoms with van der Waals surface area (Å²) in [6.07, 6.45) is 3.24. The van der Waals surface area contributed by atoms with Crippen LogP contribution in [0.2, 0.25) is 5.02 Å². The van der Waals surface area contributed by atoms with E-state index < -0.39 is 0 Å². The molecule has 0 amide bonds. The number of anilines is 1. The first-order valence-corrected chi connectivity index (χ1v) is 4.37. The Morgan fingerprint density at radius 2 is 2.31 bits per heavy atom. The van der Waals surface area contributed by atoms with Gasteiger partial charge < -0.3 is 5.73 Å². The van der Waals surface area contributed by atoms with Gasteiger partial charge >= 0.3 is 0 Å². The van der Waals surface area contributed by atoms with Crippen LogP contribution in [0, 0.1) is 0 Å². The second-order valence-electron chi connectivity index (χ2n) is 2.73. The molecule has 0 aliphatic carbocycles. The van der Waals surface area contributed by atoms with Crippen LogP contribution in [0.1, 0.15) is 6.92 Å². The summed E-state index contributed by atoms with van der Waals surface area (Å²) in [6, 6.07) is 0. The van der Waals surface area contributed by atoms with Gasteiger partial charge in [-0.25, -0.2) is 9.67 Å². The number of fused-ring (bicyclic) bond motifs is 1. The van der Waals surface area contributed by atoms with E-state index >= 15 is 0 Å². The molecule has 0 saturated carbocycles. The van der Waals surface area contributed by atoms with E-state index in [0.29, 0.717) is 10.7 Å². The van der Waals surface area contributed by atoms with Gasteiger partial charge in [-0.3, -0.25) is 0 Å². The third-order valence-electron chi connectivity index (χ3n) is 1.93. The van der Waals surface area contributed by atoms with E-state index in [1.165, 1.54) is 0 Å². The second-order valence-corrected chi connectivity index (χ2v) is 3.10. The summed E-state index contributed by atoms with van der Waals surface area (Å²) in [7, 11) is 0. The minimum Gasteiger partial charge on any atom is -0.396 e. The van der Waals surface area contributed by atoms with Gasteiger partial charge in [-0.05, 0) is 6.92 Å². The van der Waals surface area contributed by atoms with Crippen LogP contribution in [0.15, 0.2) is 12.4 Å². The molecule has 2 aromatic rings. The fourth-order valence-corrected chi connectivity index (χ4v) is 1.43. The number of nitrogens with two attached hydrogens (primary N) is 1. The Balaban J connectivity index is 2.81. The molecule has 0 aliphatic rings. The van der Waals surface area contributed by atoms with Gasteiger partial charge in [-0.15, -0.1) is 0 Å². The van der Waals surface area contributed by atoms with Gasteiger partial charge in [-0.2, -0.15) is 5.10 Å². The monoisotopic (exact) mass is 196 g/mol. The third kappa shape index (κ3) is 1.14. The Morgan fingerprint density at radius 1 is 1.54 bits per heavy atom. The minimum absolute atomic E-state index is 0.491. The van der Waals surface area contributed by atoms with Gasteiger partial charge in [0.05, 0.1) is 28.5 Å². The average Bonchev–Trinajstić information content (AvgIpc) is 2.55. The molecule has 0 aromatic carbocycles. The largest absolute Gasteiger partial charge is 0.396 e. The van der Waals surface area contributed by atoms with Crippen LogP contribution >= 0.6 is 11.6 Å². The van der Waals surface area contributed by atoms with E-state index in [1.807, 2.05) is 6.92 Å². The van der Waals surface area contributed by atoms with E-state index in [1.54, 1.807) is 17.1 Å². The van der Waals surface area contributed by atoms with Crippen molar-refractivity contribution in [2.45, 2.75) is 13.5 Å². The first-order valence-electron chi connectivity index (χ1n) is 3.99. The number of rotatable bonds is 1. The van der Waals surface area contributed by atoms with Crippen molar-refractivity contribution in [2.75, 3.05) is 5.73 Å². The van der Waals surface area contributed by atoms with E-state index in [0.717, 1.165) is 17.6 Å². The molecule has 0 saturated heterocycles. The number of nitrogen functional groups attached to an aromatic ring is 1. The molecular formula is C8H9ClN4. The molecule has 5 heteroatoms. The van der Waals surface area contributed by atoms with Crippen LogP contribution in [0.25, 0.3) is 11.0 Å². The average molecular weight is 197 g/mol. The zero-order valence-corrected chi connectivity index (χ0v) is 7.91. The Kier molecular flexibility index (Phi) is 1.84. The lowest BCUT2D eigenvalue weighted by Gasteiger charge is -1.99. The lowest BCUT2D eigenvalue weighted by atomic mass is 10.3. The molecule has 13 heavy (non-hydrogen) atoms. The molecule has 0 atom stereocenters. The molecule has 2 heterocycles. The quantitative estimate of drug-likeness (QED) is 0.755.